The molecular weight excluding hydrogens is 511 g/mol. The molecule has 0 radical (unpaired) electrons. The largest absolute Gasteiger partial charge is 0.311 e. The summed E-state index contributed by atoms with van der Waals surface area (Å²) in [4.78, 5) is 1.61. The van der Waals surface area contributed by atoms with E-state index in [1.54, 1.807) is 27.3 Å². The molecule has 0 aliphatic heterocycles. The normalized spacial score (nSPS) is 11.2. The number of hydrogen-bond acceptors (Lipinski definition) is 7. The lowest BCUT2D eigenvalue weighted by Crippen LogP contribution is -2.16. The molecule has 0 spiro atoms. The third-order valence-electron chi connectivity index (χ3n) is 5.56. The van der Waals surface area contributed by atoms with Gasteiger partial charge in [-0.05, 0) is 53.2 Å². The Kier molecular flexibility index (Phi) is 8.19. The molecule has 1 N–H and O–H groups in total. The molecule has 0 fully saturated rings. The van der Waals surface area contributed by atoms with Crippen LogP contribution in [0.1, 0.15) is 17.7 Å². The summed E-state index contributed by atoms with van der Waals surface area (Å²) < 4.78 is 15.2. The maximum absolute atomic E-state index is 13.4. The van der Waals surface area contributed by atoms with Crippen molar-refractivity contribution in [3.63, 3.8) is 0 Å². The highest BCUT2D eigenvalue weighted by molar-refractivity contribution is 7.99. The highest BCUT2D eigenvalue weighted by atomic mass is 35.5. The number of aromatic nitrogens is 7. The summed E-state index contributed by atoms with van der Waals surface area (Å²) in [6.45, 7) is 1.71. The van der Waals surface area contributed by atoms with Crippen LogP contribution in [0.3, 0.4) is 0 Å². The van der Waals surface area contributed by atoms with Crippen LogP contribution >= 0.6 is 23.4 Å². The average Bonchev–Trinajstić information content (AvgIpc) is 3.56. The first-order chi connectivity index (χ1) is 18.2. The molecule has 0 unspecified atom stereocenters. The van der Waals surface area contributed by atoms with Gasteiger partial charge in [0.2, 0.25) is 5.16 Å². The van der Waals surface area contributed by atoms with Crippen LogP contribution in [-0.4, -0.2) is 47.5 Å². The summed E-state index contributed by atoms with van der Waals surface area (Å²) in [7, 11) is 0. The Morgan fingerprint density at radius 2 is 1.73 bits per heavy atom. The van der Waals surface area contributed by atoms with Gasteiger partial charge < -0.3 is 5.32 Å². The first kappa shape index (κ1) is 25.1. The van der Waals surface area contributed by atoms with Gasteiger partial charge in [0, 0.05) is 22.9 Å². The van der Waals surface area contributed by atoms with E-state index in [-0.39, 0.29) is 5.82 Å². The first-order valence-corrected chi connectivity index (χ1v) is 13.1. The van der Waals surface area contributed by atoms with Gasteiger partial charge in [-0.2, -0.15) is 19.7 Å². The van der Waals surface area contributed by atoms with E-state index >= 15 is 0 Å². The summed E-state index contributed by atoms with van der Waals surface area (Å²) in [5, 5.41) is 26.1. The van der Waals surface area contributed by atoms with E-state index < -0.39 is 0 Å². The molecule has 0 atom stereocenters. The third kappa shape index (κ3) is 6.40. The lowest BCUT2D eigenvalue weighted by Gasteiger charge is -2.05. The number of benzene rings is 3. The van der Waals surface area contributed by atoms with Gasteiger partial charge in [-0.3, -0.25) is 0 Å². The Balaban J connectivity index is 1.19. The SMILES string of the molecule is Fc1ccc(Cn2nc(CNCCCSc3nnnn3-c3ccccc3)c(-c3ccccc3)n2)c(Cl)c1. The lowest BCUT2D eigenvalue weighted by atomic mass is 10.1. The molecule has 0 saturated carbocycles. The fourth-order valence-corrected chi connectivity index (χ4v) is 4.82. The molecule has 0 saturated heterocycles. The van der Waals surface area contributed by atoms with E-state index in [0.29, 0.717) is 18.1 Å². The molecule has 3 aromatic carbocycles. The molecule has 0 aliphatic carbocycles. The number of para-hydroxylation sites is 1. The van der Waals surface area contributed by atoms with Crippen LogP contribution in [0.2, 0.25) is 5.02 Å². The van der Waals surface area contributed by atoms with Crippen molar-refractivity contribution < 1.29 is 4.39 Å². The molecule has 2 aromatic heterocycles. The zero-order chi connectivity index (χ0) is 25.5. The Labute approximate surface area is 222 Å². The molecule has 0 bridgehead atoms. The van der Waals surface area contributed by atoms with E-state index in [1.807, 2.05) is 60.7 Å². The van der Waals surface area contributed by atoms with Crippen molar-refractivity contribution in [1.82, 2.24) is 40.5 Å². The Morgan fingerprint density at radius 3 is 2.51 bits per heavy atom. The minimum Gasteiger partial charge on any atom is -0.311 e. The van der Waals surface area contributed by atoms with Gasteiger partial charge in [0.05, 0.1) is 12.2 Å². The van der Waals surface area contributed by atoms with E-state index in [4.69, 9.17) is 21.8 Å². The summed E-state index contributed by atoms with van der Waals surface area (Å²) in [5.41, 5.74) is 4.32. The highest BCUT2D eigenvalue weighted by Crippen LogP contribution is 2.23. The van der Waals surface area contributed by atoms with E-state index in [9.17, 15) is 4.39 Å². The van der Waals surface area contributed by atoms with Crippen LogP contribution in [0.15, 0.2) is 84.0 Å². The molecule has 5 aromatic rings. The fourth-order valence-electron chi connectivity index (χ4n) is 3.76. The van der Waals surface area contributed by atoms with E-state index in [1.165, 1.54) is 12.1 Å². The molecule has 188 valence electrons. The standard InChI is InChI=1S/C26H24ClFN8S/c27-23-16-21(28)13-12-20(23)18-35-31-24(25(32-35)19-8-3-1-4-9-19)17-29-14-7-15-37-26-30-33-34-36(26)22-10-5-2-6-11-22/h1-6,8-13,16,29H,7,14-15,17-18H2. The quantitative estimate of drug-likeness (QED) is 0.188. The maximum Gasteiger partial charge on any atom is 0.214 e. The minimum atomic E-state index is -0.369. The van der Waals surface area contributed by atoms with Crippen molar-refractivity contribution in [2.75, 3.05) is 12.3 Å². The summed E-state index contributed by atoms with van der Waals surface area (Å²) >= 11 is 7.84. The molecule has 11 heteroatoms. The number of hydrogen-bond donors (Lipinski definition) is 1. The van der Waals surface area contributed by atoms with Gasteiger partial charge >= 0.3 is 0 Å². The fraction of sp³-hybridized carbons (Fsp3) is 0.192. The van der Waals surface area contributed by atoms with Crippen molar-refractivity contribution in [3.8, 4) is 16.9 Å². The number of thioether (sulfide) groups is 1. The molecular formula is C26H24ClFN8S. The van der Waals surface area contributed by atoms with Gasteiger partial charge in [-0.15, -0.1) is 5.10 Å². The van der Waals surface area contributed by atoms with E-state index in [0.717, 1.165) is 52.1 Å². The second-order valence-electron chi connectivity index (χ2n) is 8.22. The maximum atomic E-state index is 13.4. The minimum absolute atomic E-state index is 0.353. The second-order valence-corrected chi connectivity index (χ2v) is 9.68. The van der Waals surface area contributed by atoms with Gasteiger partial charge in [0.15, 0.2) is 0 Å². The predicted molar refractivity (Wildman–Crippen MR) is 142 cm³/mol. The Morgan fingerprint density at radius 1 is 0.946 bits per heavy atom. The predicted octanol–water partition coefficient (Wildman–Crippen LogP) is 5.03. The summed E-state index contributed by atoms with van der Waals surface area (Å²) in [6.07, 6.45) is 0.923. The number of halogens is 2. The summed E-state index contributed by atoms with van der Waals surface area (Å²) in [5.74, 6) is 0.494. The highest BCUT2D eigenvalue weighted by Gasteiger charge is 2.14. The van der Waals surface area contributed by atoms with Crippen LogP contribution in [0.25, 0.3) is 16.9 Å². The van der Waals surface area contributed by atoms with Gasteiger partial charge in [-0.25, -0.2) is 4.39 Å². The molecule has 2 heterocycles. The van der Waals surface area contributed by atoms with Crippen molar-refractivity contribution in [2.24, 2.45) is 0 Å². The van der Waals surface area contributed by atoms with E-state index in [2.05, 4.69) is 20.8 Å². The number of nitrogens with zero attached hydrogens (tertiary/aromatic N) is 7. The van der Waals surface area contributed by atoms with Crippen LogP contribution in [0.5, 0.6) is 0 Å². The smallest absolute Gasteiger partial charge is 0.214 e. The molecule has 8 nitrogen and oxygen atoms in total. The first-order valence-electron chi connectivity index (χ1n) is 11.8. The van der Waals surface area contributed by atoms with Gasteiger partial charge in [0.1, 0.15) is 17.2 Å². The van der Waals surface area contributed by atoms with Crippen LogP contribution in [0.4, 0.5) is 4.39 Å². The topological polar surface area (TPSA) is 86.3 Å². The Bertz CT molecular complexity index is 1440. The molecule has 5 rings (SSSR count). The molecule has 37 heavy (non-hydrogen) atoms. The molecule has 0 aliphatic rings. The lowest BCUT2D eigenvalue weighted by molar-refractivity contribution is 0.574. The summed E-state index contributed by atoms with van der Waals surface area (Å²) in [6, 6.07) is 24.1. The van der Waals surface area contributed by atoms with Crippen molar-refractivity contribution in [3.05, 3.63) is 101 Å². The van der Waals surface area contributed by atoms with Gasteiger partial charge in [0.25, 0.3) is 0 Å². The van der Waals surface area contributed by atoms with Crippen LogP contribution in [0, 0.1) is 5.82 Å². The van der Waals surface area contributed by atoms with Crippen LogP contribution in [-0.2, 0) is 13.1 Å². The monoisotopic (exact) mass is 534 g/mol. The number of rotatable bonds is 11. The zero-order valence-electron chi connectivity index (χ0n) is 19.8. The van der Waals surface area contributed by atoms with Crippen molar-refractivity contribution >= 4 is 23.4 Å². The average molecular weight is 535 g/mol. The Hall–Kier alpha value is -3.60. The second kappa shape index (κ2) is 12.1. The third-order valence-corrected chi connectivity index (χ3v) is 6.92. The number of nitrogens with one attached hydrogen (secondary N) is 1. The van der Waals surface area contributed by atoms with Crippen molar-refractivity contribution in [1.29, 1.82) is 0 Å². The zero-order valence-corrected chi connectivity index (χ0v) is 21.4. The number of tetrazole rings is 1. The van der Waals surface area contributed by atoms with Crippen LogP contribution < -0.4 is 5.32 Å². The van der Waals surface area contributed by atoms with Crippen molar-refractivity contribution in [2.45, 2.75) is 24.7 Å². The molecule has 0 amide bonds. The van der Waals surface area contributed by atoms with Gasteiger partial charge in [-0.1, -0.05) is 78.0 Å².